The summed E-state index contributed by atoms with van der Waals surface area (Å²) in [5.41, 5.74) is 11.6. The summed E-state index contributed by atoms with van der Waals surface area (Å²) in [6.45, 7) is 4.99. The number of carbonyl (C=O) groups excluding carboxylic acids is 3. The number of carboxylic acids is 1. The van der Waals surface area contributed by atoms with E-state index < -0.39 is 30.1 Å². The van der Waals surface area contributed by atoms with E-state index >= 15 is 0 Å². The third-order valence-electron chi connectivity index (χ3n) is 6.22. The van der Waals surface area contributed by atoms with Gasteiger partial charge in [0.2, 0.25) is 17.7 Å². The van der Waals surface area contributed by atoms with Crippen LogP contribution in [-0.2, 0) is 19.2 Å². The summed E-state index contributed by atoms with van der Waals surface area (Å²) in [6.07, 6.45) is 3.91. The van der Waals surface area contributed by atoms with Crippen LogP contribution in [0.3, 0.4) is 0 Å². The molecule has 2 heterocycles. The molecule has 3 amide bonds. The lowest BCUT2D eigenvalue weighted by Crippen LogP contribution is -2.57. The number of nitrogens with one attached hydrogen (secondary N) is 1. The molecule has 2 aliphatic heterocycles. The van der Waals surface area contributed by atoms with Gasteiger partial charge in [0.15, 0.2) is 0 Å². The minimum atomic E-state index is -1.03. The molecule has 6 N–H and O–H groups in total. The van der Waals surface area contributed by atoms with Crippen LogP contribution in [0.1, 0.15) is 58.8 Å². The molecule has 10 heteroatoms. The Morgan fingerprint density at radius 1 is 1.00 bits per heavy atom. The SMILES string of the molecule is CC(C)[C@H](N)C(=O)N1CCC[C@H]1C(=O)N[C@@H](CCCCN)C(=O)N1CCC[C@H]1C(=O)O. The van der Waals surface area contributed by atoms with E-state index in [4.69, 9.17) is 11.5 Å². The predicted molar refractivity (Wildman–Crippen MR) is 115 cm³/mol. The molecule has 0 bridgehead atoms. The summed E-state index contributed by atoms with van der Waals surface area (Å²) >= 11 is 0. The van der Waals surface area contributed by atoms with E-state index in [9.17, 15) is 24.3 Å². The first-order valence-corrected chi connectivity index (χ1v) is 11.3. The maximum absolute atomic E-state index is 13.1. The number of aliphatic carboxylic acids is 1. The number of carboxylic acid groups (broad SMARTS) is 1. The summed E-state index contributed by atoms with van der Waals surface area (Å²) in [5.74, 6) is -2.12. The van der Waals surface area contributed by atoms with Crippen LogP contribution in [0.2, 0.25) is 0 Å². The number of hydrogen-bond acceptors (Lipinski definition) is 6. The lowest BCUT2D eigenvalue weighted by Gasteiger charge is -2.31. The number of hydrogen-bond donors (Lipinski definition) is 4. The number of rotatable bonds is 10. The van der Waals surface area contributed by atoms with Gasteiger partial charge in [0.1, 0.15) is 18.1 Å². The highest BCUT2D eigenvalue weighted by Gasteiger charge is 2.40. The van der Waals surface area contributed by atoms with E-state index in [1.54, 1.807) is 0 Å². The topological polar surface area (TPSA) is 159 Å². The largest absolute Gasteiger partial charge is 0.480 e. The molecule has 2 fully saturated rings. The Morgan fingerprint density at radius 2 is 1.58 bits per heavy atom. The molecule has 176 valence electrons. The molecule has 2 rings (SSSR count). The average Bonchev–Trinajstić information content (AvgIpc) is 3.41. The van der Waals surface area contributed by atoms with Crippen molar-refractivity contribution in [3.8, 4) is 0 Å². The van der Waals surface area contributed by atoms with Crippen molar-refractivity contribution in [3.63, 3.8) is 0 Å². The number of likely N-dealkylation sites (tertiary alicyclic amines) is 2. The van der Waals surface area contributed by atoms with Crippen LogP contribution in [0.15, 0.2) is 0 Å². The summed E-state index contributed by atoms with van der Waals surface area (Å²) in [5, 5.41) is 12.2. The van der Waals surface area contributed by atoms with Crippen molar-refractivity contribution in [2.24, 2.45) is 17.4 Å². The Kier molecular flexibility index (Phi) is 9.24. The lowest BCUT2D eigenvalue weighted by molar-refractivity contribution is -0.150. The monoisotopic (exact) mass is 439 g/mol. The van der Waals surface area contributed by atoms with Gasteiger partial charge in [0.25, 0.3) is 0 Å². The maximum atomic E-state index is 13.1. The number of amides is 3. The molecule has 0 saturated carbocycles. The first kappa shape index (κ1) is 25.1. The molecule has 0 aromatic heterocycles. The summed E-state index contributed by atoms with van der Waals surface area (Å²) in [4.78, 5) is 53.3. The number of unbranched alkanes of at least 4 members (excludes halogenated alkanes) is 1. The van der Waals surface area contributed by atoms with Crippen LogP contribution in [0.4, 0.5) is 0 Å². The molecular formula is C21H37N5O5. The van der Waals surface area contributed by atoms with Crippen LogP contribution in [0, 0.1) is 5.92 Å². The van der Waals surface area contributed by atoms with Gasteiger partial charge in [-0.15, -0.1) is 0 Å². The molecule has 31 heavy (non-hydrogen) atoms. The zero-order valence-electron chi connectivity index (χ0n) is 18.6. The smallest absolute Gasteiger partial charge is 0.326 e. The highest BCUT2D eigenvalue weighted by molar-refractivity contribution is 5.94. The summed E-state index contributed by atoms with van der Waals surface area (Å²) in [6, 6.07) is -3.06. The molecule has 0 aliphatic carbocycles. The standard InChI is InChI=1S/C21H37N5O5/c1-13(2)17(23)20(29)25-11-5-8-15(25)18(27)24-14(7-3-4-10-22)19(28)26-12-6-9-16(26)21(30)31/h13-17H,3-12,22-23H2,1-2H3,(H,24,27)(H,30,31)/t14-,15-,16-,17-/m0/s1. The van der Waals surface area contributed by atoms with E-state index in [1.165, 1.54) is 9.80 Å². The number of carbonyl (C=O) groups is 4. The zero-order valence-corrected chi connectivity index (χ0v) is 18.6. The Balaban J connectivity index is 2.12. The van der Waals surface area contributed by atoms with E-state index in [0.717, 1.165) is 0 Å². The van der Waals surface area contributed by atoms with Crippen molar-refractivity contribution in [2.45, 2.75) is 83.0 Å². The van der Waals surface area contributed by atoms with Crippen molar-refractivity contribution in [1.82, 2.24) is 15.1 Å². The van der Waals surface area contributed by atoms with E-state index in [-0.39, 0.29) is 23.6 Å². The van der Waals surface area contributed by atoms with Crippen LogP contribution >= 0.6 is 0 Å². The van der Waals surface area contributed by atoms with Gasteiger partial charge in [-0.3, -0.25) is 14.4 Å². The van der Waals surface area contributed by atoms with Crippen molar-refractivity contribution < 1.29 is 24.3 Å². The van der Waals surface area contributed by atoms with Crippen LogP contribution in [0.25, 0.3) is 0 Å². The fraction of sp³-hybridized carbons (Fsp3) is 0.810. The molecule has 0 spiro atoms. The van der Waals surface area contributed by atoms with E-state index in [1.807, 2.05) is 13.8 Å². The van der Waals surface area contributed by atoms with Crippen molar-refractivity contribution in [2.75, 3.05) is 19.6 Å². The number of nitrogens with two attached hydrogens (primary N) is 2. The summed E-state index contributed by atoms with van der Waals surface area (Å²) < 4.78 is 0. The maximum Gasteiger partial charge on any atom is 0.326 e. The molecule has 2 saturated heterocycles. The molecule has 0 aromatic rings. The van der Waals surface area contributed by atoms with E-state index in [0.29, 0.717) is 64.6 Å². The highest BCUT2D eigenvalue weighted by atomic mass is 16.4. The third-order valence-corrected chi connectivity index (χ3v) is 6.22. The second-order valence-corrected chi connectivity index (χ2v) is 8.83. The van der Waals surface area contributed by atoms with Gasteiger partial charge in [0.05, 0.1) is 6.04 Å². The minimum absolute atomic E-state index is 0.0504. The summed E-state index contributed by atoms with van der Waals surface area (Å²) in [7, 11) is 0. The Bertz CT molecular complexity index is 671. The third kappa shape index (κ3) is 6.16. The molecule has 2 aliphatic rings. The van der Waals surface area contributed by atoms with Gasteiger partial charge in [-0.25, -0.2) is 4.79 Å². The van der Waals surface area contributed by atoms with Crippen molar-refractivity contribution in [1.29, 1.82) is 0 Å². The second-order valence-electron chi connectivity index (χ2n) is 8.83. The second kappa shape index (κ2) is 11.4. The molecule has 4 atom stereocenters. The van der Waals surface area contributed by atoms with Gasteiger partial charge >= 0.3 is 5.97 Å². The Labute approximate surface area is 183 Å². The van der Waals surface area contributed by atoms with E-state index in [2.05, 4.69) is 5.32 Å². The van der Waals surface area contributed by atoms with Gasteiger partial charge in [-0.05, 0) is 57.4 Å². The Hall–Kier alpha value is -2.20. The molecule has 10 nitrogen and oxygen atoms in total. The zero-order chi connectivity index (χ0) is 23.1. The van der Waals surface area contributed by atoms with Crippen LogP contribution in [0.5, 0.6) is 0 Å². The molecule has 0 unspecified atom stereocenters. The predicted octanol–water partition coefficient (Wildman–Crippen LogP) is -0.350. The molecular weight excluding hydrogens is 402 g/mol. The van der Waals surface area contributed by atoms with Crippen molar-refractivity contribution in [3.05, 3.63) is 0 Å². The first-order chi connectivity index (χ1) is 14.7. The van der Waals surface area contributed by atoms with Gasteiger partial charge < -0.3 is 31.7 Å². The van der Waals surface area contributed by atoms with Gasteiger partial charge in [-0.2, -0.15) is 0 Å². The fourth-order valence-corrected chi connectivity index (χ4v) is 4.29. The van der Waals surface area contributed by atoms with Crippen LogP contribution < -0.4 is 16.8 Å². The Morgan fingerprint density at radius 3 is 2.13 bits per heavy atom. The average molecular weight is 440 g/mol. The van der Waals surface area contributed by atoms with Gasteiger partial charge in [0, 0.05) is 13.1 Å². The minimum Gasteiger partial charge on any atom is -0.480 e. The fourth-order valence-electron chi connectivity index (χ4n) is 4.29. The quantitative estimate of drug-likeness (QED) is 0.339. The normalized spacial score (nSPS) is 23.1. The van der Waals surface area contributed by atoms with Crippen LogP contribution in [-0.4, -0.2) is 82.4 Å². The highest BCUT2D eigenvalue weighted by Crippen LogP contribution is 2.22. The number of nitrogens with zero attached hydrogens (tertiary/aromatic N) is 2. The lowest BCUT2D eigenvalue weighted by atomic mass is 10.0. The molecule has 0 aromatic carbocycles. The molecule has 0 radical (unpaired) electrons. The van der Waals surface area contributed by atoms with Crippen molar-refractivity contribution >= 4 is 23.7 Å². The first-order valence-electron chi connectivity index (χ1n) is 11.3. The van der Waals surface area contributed by atoms with Gasteiger partial charge in [-0.1, -0.05) is 13.8 Å².